The van der Waals surface area contributed by atoms with Gasteiger partial charge in [0.15, 0.2) is 8.32 Å². The van der Waals surface area contributed by atoms with Gasteiger partial charge in [0.25, 0.3) is 0 Å². The summed E-state index contributed by atoms with van der Waals surface area (Å²) in [5, 5.41) is 0. The van der Waals surface area contributed by atoms with Gasteiger partial charge in [0.05, 0.1) is 8.07 Å². The second kappa shape index (κ2) is 5.32. The van der Waals surface area contributed by atoms with Crippen LogP contribution in [0.4, 0.5) is 0 Å². The molecule has 0 saturated heterocycles. The number of hydrogen-bond acceptors (Lipinski definition) is 1. The molecule has 0 aliphatic carbocycles. The summed E-state index contributed by atoms with van der Waals surface area (Å²) in [7, 11) is -0.356. The molecule has 0 fully saturated rings. The van der Waals surface area contributed by atoms with Gasteiger partial charge in [-0.2, -0.15) is 0 Å². The molecule has 0 aliphatic heterocycles. The fraction of sp³-hybridized carbons (Fsp3) is 1.00. The smallest absolute Gasteiger partial charge is 0.183 e. The molecule has 0 N–H and O–H groups in total. The van der Waals surface area contributed by atoms with Gasteiger partial charge in [-0.15, -0.1) is 0 Å². The van der Waals surface area contributed by atoms with Crippen molar-refractivity contribution in [1.82, 2.24) is 0 Å². The molecular weight excluding hydrogens is 192 g/mol. The van der Waals surface area contributed by atoms with Crippen LogP contribution in [0.2, 0.25) is 36.9 Å². The molecule has 1 nitrogen and oxygen atoms in total. The predicted octanol–water partition coefficient (Wildman–Crippen LogP) is 3.89. The average molecular weight is 218 g/mol. The summed E-state index contributed by atoms with van der Waals surface area (Å²) in [6, 6.07) is 4.29. The Hall–Kier alpha value is 0.394. The van der Waals surface area contributed by atoms with E-state index < -0.39 is 16.4 Å². The van der Waals surface area contributed by atoms with Crippen molar-refractivity contribution in [3.05, 3.63) is 0 Å². The standard InChI is InChI=1S/C10H26OSi2/c1-7-13(8-2,9-3)10-12(5,6)11-4/h7-10H2,1-6H3. The average Bonchev–Trinajstić information content (AvgIpc) is 2.14. The van der Waals surface area contributed by atoms with E-state index in [9.17, 15) is 0 Å². The van der Waals surface area contributed by atoms with Crippen molar-refractivity contribution in [2.75, 3.05) is 7.11 Å². The lowest BCUT2D eigenvalue weighted by atomic mass is 10.9. The molecule has 0 aliphatic rings. The highest BCUT2D eigenvalue weighted by atomic mass is 28.4. The van der Waals surface area contributed by atoms with Crippen molar-refractivity contribution in [2.45, 2.75) is 57.7 Å². The summed E-state index contributed by atoms with van der Waals surface area (Å²) in [5.41, 5.74) is 1.44. The van der Waals surface area contributed by atoms with Gasteiger partial charge in [0.2, 0.25) is 0 Å². The molecule has 0 unspecified atom stereocenters. The third-order valence-electron chi connectivity index (χ3n) is 3.60. The zero-order valence-electron chi connectivity index (χ0n) is 10.2. The second-order valence-electron chi connectivity index (χ2n) is 4.70. The molecule has 0 radical (unpaired) electrons. The minimum Gasteiger partial charge on any atom is -0.421 e. The first-order valence-corrected chi connectivity index (χ1v) is 11.4. The third-order valence-corrected chi connectivity index (χ3v) is 15.6. The van der Waals surface area contributed by atoms with E-state index in [1.165, 1.54) is 23.8 Å². The van der Waals surface area contributed by atoms with Gasteiger partial charge in [0.1, 0.15) is 0 Å². The van der Waals surface area contributed by atoms with Gasteiger partial charge in [-0.25, -0.2) is 0 Å². The zero-order chi connectivity index (χ0) is 10.5. The van der Waals surface area contributed by atoms with E-state index in [1.54, 1.807) is 0 Å². The summed E-state index contributed by atoms with van der Waals surface area (Å²) in [6.45, 7) is 11.8. The first-order chi connectivity index (χ1) is 5.95. The van der Waals surface area contributed by atoms with Crippen LogP contribution in [-0.4, -0.2) is 23.5 Å². The van der Waals surface area contributed by atoms with Gasteiger partial charge in [0, 0.05) is 7.11 Å². The Bertz CT molecular complexity index is 134. The molecule has 0 rings (SSSR count). The molecule has 80 valence electrons. The SMILES string of the molecule is CC[Si](CC)(CC)C[Si](C)(C)OC. The fourth-order valence-electron chi connectivity index (χ4n) is 2.10. The topological polar surface area (TPSA) is 9.23 Å². The molecule has 0 saturated carbocycles. The van der Waals surface area contributed by atoms with Crippen molar-refractivity contribution in [3.8, 4) is 0 Å². The van der Waals surface area contributed by atoms with Crippen LogP contribution in [0.5, 0.6) is 0 Å². The van der Waals surface area contributed by atoms with Crippen LogP contribution in [0.15, 0.2) is 0 Å². The summed E-state index contributed by atoms with van der Waals surface area (Å²) in [5.74, 6) is 0. The number of rotatable bonds is 6. The lowest BCUT2D eigenvalue weighted by molar-refractivity contribution is 0.408. The van der Waals surface area contributed by atoms with Crippen molar-refractivity contribution in [1.29, 1.82) is 0 Å². The molecule has 0 heterocycles. The van der Waals surface area contributed by atoms with Gasteiger partial charge in [-0.05, 0) is 18.8 Å². The van der Waals surface area contributed by atoms with Crippen LogP contribution in [0.3, 0.4) is 0 Å². The minimum atomic E-state index is -1.31. The molecule has 0 aromatic carbocycles. The van der Waals surface area contributed by atoms with Gasteiger partial charge < -0.3 is 4.43 Å². The van der Waals surface area contributed by atoms with Crippen LogP contribution in [-0.2, 0) is 4.43 Å². The first-order valence-electron chi connectivity index (χ1n) is 5.50. The van der Waals surface area contributed by atoms with E-state index >= 15 is 0 Å². The largest absolute Gasteiger partial charge is 0.421 e. The van der Waals surface area contributed by atoms with Crippen LogP contribution < -0.4 is 0 Å². The van der Waals surface area contributed by atoms with E-state index in [4.69, 9.17) is 4.43 Å². The quantitative estimate of drug-likeness (QED) is 0.615. The maximum atomic E-state index is 5.67. The Morgan fingerprint density at radius 2 is 1.31 bits per heavy atom. The highest BCUT2D eigenvalue weighted by molar-refractivity contribution is 6.93. The van der Waals surface area contributed by atoms with E-state index in [1.807, 2.05) is 7.11 Å². The van der Waals surface area contributed by atoms with Crippen molar-refractivity contribution in [3.63, 3.8) is 0 Å². The lowest BCUT2D eigenvalue weighted by Crippen LogP contribution is -2.43. The molecular formula is C10H26OSi2. The van der Waals surface area contributed by atoms with E-state index in [0.29, 0.717) is 0 Å². The molecule has 0 spiro atoms. The zero-order valence-corrected chi connectivity index (χ0v) is 12.2. The minimum absolute atomic E-state index is 0.937. The maximum Gasteiger partial charge on any atom is 0.183 e. The Labute approximate surface area is 86.0 Å². The van der Waals surface area contributed by atoms with Gasteiger partial charge >= 0.3 is 0 Å². The van der Waals surface area contributed by atoms with E-state index in [0.717, 1.165) is 0 Å². The molecule has 0 bridgehead atoms. The Morgan fingerprint density at radius 1 is 0.923 bits per heavy atom. The van der Waals surface area contributed by atoms with Crippen LogP contribution >= 0.6 is 0 Å². The third kappa shape index (κ3) is 3.96. The highest BCUT2D eigenvalue weighted by Gasteiger charge is 2.35. The van der Waals surface area contributed by atoms with Crippen molar-refractivity contribution in [2.24, 2.45) is 0 Å². The monoisotopic (exact) mass is 218 g/mol. The molecule has 0 aromatic heterocycles. The Balaban J connectivity index is 4.41. The lowest BCUT2D eigenvalue weighted by Gasteiger charge is -2.34. The summed E-state index contributed by atoms with van der Waals surface area (Å²) >= 11 is 0. The first kappa shape index (κ1) is 13.4. The van der Waals surface area contributed by atoms with Gasteiger partial charge in [-0.3, -0.25) is 0 Å². The Kier molecular flexibility index (Phi) is 5.48. The van der Waals surface area contributed by atoms with E-state index in [2.05, 4.69) is 33.9 Å². The molecule has 13 heavy (non-hydrogen) atoms. The summed E-state index contributed by atoms with van der Waals surface area (Å²) in [4.78, 5) is 0. The second-order valence-corrected chi connectivity index (χ2v) is 15.2. The summed E-state index contributed by atoms with van der Waals surface area (Å²) in [6.07, 6.45) is 0. The fourth-order valence-corrected chi connectivity index (χ4v) is 14.4. The Morgan fingerprint density at radius 3 is 1.54 bits per heavy atom. The maximum absolute atomic E-state index is 5.67. The normalized spacial score (nSPS) is 13.4. The van der Waals surface area contributed by atoms with Crippen molar-refractivity contribution >= 4 is 16.4 Å². The molecule has 0 aromatic rings. The molecule has 0 amide bonds. The number of hydrogen-bond donors (Lipinski definition) is 0. The van der Waals surface area contributed by atoms with Gasteiger partial charge in [-0.1, -0.05) is 38.9 Å². The predicted molar refractivity (Wildman–Crippen MR) is 66.5 cm³/mol. The van der Waals surface area contributed by atoms with E-state index in [-0.39, 0.29) is 0 Å². The van der Waals surface area contributed by atoms with Crippen LogP contribution in [0.1, 0.15) is 20.8 Å². The van der Waals surface area contributed by atoms with Crippen LogP contribution in [0.25, 0.3) is 0 Å². The van der Waals surface area contributed by atoms with Crippen LogP contribution in [0, 0.1) is 0 Å². The molecule has 0 atom stereocenters. The summed E-state index contributed by atoms with van der Waals surface area (Å²) < 4.78 is 5.67. The van der Waals surface area contributed by atoms with Crippen molar-refractivity contribution < 1.29 is 4.43 Å². The highest BCUT2D eigenvalue weighted by Crippen LogP contribution is 2.30. The molecule has 3 heteroatoms.